The monoisotopic (exact) mass is 519 g/mol. The van der Waals surface area contributed by atoms with E-state index >= 15 is 0 Å². The Morgan fingerprint density at radius 3 is 2.44 bits per heavy atom. The lowest BCUT2D eigenvalue weighted by molar-refractivity contribution is -0.277. The van der Waals surface area contributed by atoms with E-state index in [2.05, 4.69) is 20.3 Å². The first kappa shape index (κ1) is 25.4. The number of nitrogens with zero attached hydrogens (tertiary/aromatic N) is 6. The van der Waals surface area contributed by atoms with E-state index in [1.54, 1.807) is 0 Å². The number of halogens is 6. The molecule has 0 spiro atoms. The zero-order valence-electron chi connectivity index (χ0n) is 18.6. The van der Waals surface area contributed by atoms with Gasteiger partial charge in [0.1, 0.15) is 5.69 Å². The number of hydrogen-bond donors (Lipinski definition) is 2. The number of anilines is 2. The number of nitrogens with two attached hydrogens (primary N) is 1. The van der Waals surface area contributed by atoms with Crippen LogP contribution in [0.15, 0.2) is 22.9 Å². The smallest absolute Gasteiger partial charge is 0.416 e. The van der Waals surface area contributed by atoms with Crippen molar-refractivity contribution in [1.82, 2.24) is 25.0 Å². The molecule has 194 valence electrons. The van der Waals surface area contributed by atoms with E-state index in [1.807, 2.05) is 0 Å². The van der Waals surface area contributed by atoms with E-state index in [0.29, 0.717) is 6.07 Å². The quantitative estimate of drug-likeness (QED) is 0.467. The molecule has 0 unspecified atom stereocenters. The maximum absolute atomic E-state index is 13.9. The molecule has 1 atom stereocenters. The van der Waals surface area contributed by atoms with Crippen molar-refractivity contribution in [3.63, 3.8) is 0 Å². The Hall–Kier alpha value is -3.69. The van der Waals surface area contributed by atoms with Gasteiger partial charge in [-0.25, -0.2) is 4.98 Å². The molecule has 0 aliphatic carbocycles. The summed E-state index contributed by atoms with van der Waals surface area (Å²) in [4.78, 5) is 18.1. The summed E-state index contributed by atoms with van der Waals surface area (Å²) in [6.45, 7) is -0.161. The second-order valence-corrected chi connectivity index (χ2v) is 8.23. The first-order valence-electron chi connectivity index (χ1n) is 10.5. The van der Waals surface area contributed by atoms with Crippen molar-refractivity contribution in [2.45, 2.75) is 43.6 Å². The number of aryl methyl sites for hydroxylation is 1. The largest absolute Gasteiger partial charge is 0.426 e. The minimum Gasteiger partial charge on any atom is -0.416 e. The molecule has 4 heterocycles. The van der Waals surface area contributed by atoms with Gasteiger partial charge in [0.15, 0.2) is 5.69 Å². The number of nitrogen functional groups attached to an aromatic ring is 1. The average molecular weight is 519 g/mol. The number of carbonyl (C=O) groups is 1. The molecule has 16 heteroatoms. The van der Waals surface area contributed by atoms with Crippen LogP contribution in [-0.4, -0.2) is 48.7 Å². The van der Waals surface area contributed by atoms with Crippen molar-refractivity contribution < 1.29 is 40.7 Å². The van der Waals surface area contributed by atoms with E-state index in [9.17, 15) is 36.2 Å². The van der Waals surface area contributed by atoms with Gasteiger partial charge in [0.05, 0.1) is 23.1 Å². The zero-order valence-corrected chi connectivity index (χ0v) is 18.6. The summed E-state index contributed by atoms with van der Waals surface area (Å²) >= 11 is 0. The molecule has 0 aromatic carbocycles. The van der Waals surface area contributed by atoms with Crippen molar-refractivity contribution in [2.24, 2.45) is 7.05 Å². The molecule has 0 saturated carbocycles. The number of pyridine rings is 1. The lowest BCUT2D eigenvalue weighted by Crippen LogP contribution is -2.42. The van der Waals surface area contributed by atoms with Gasteiger partial charge in [-0.3, -0.25) is 9.48 Å². The van der Waals surface area contributed by atoms with Gasteiger partial charge in [-0.15, -0.1) is 10.2 Å². The maximum Gasteiger partial charge on any atom is 0.426 e. The summed E-state index contributed by atoms with van der Waals surface area (Å²) < 4.78 is 89.2. The summed E-state index contributed by atoms with van der Waals surface area (Å²) in [5.74, 6) is -3.15. The third-order valence-corrected chi connectivity index (χ3v) is 5.68. The van der Waals surface area contributed by atoms with Crippen molar-refractivity contribution in [3.8, 4) is 11.6 Å². The number of alkyl halides is 6. The zero-order chi connectivity index (χ0) is 26.5. The number of aromatic nitrogens is 5. The van der Waals surface area contributed by atoms with E-state index < -0.39 is 64.7 Å². The number of rotatable bonds is 1. The van der Waals surface area contributed by atoms with E-state index in [1.165, 1.54) is 24.1 Å². The highest BCUT2D eigenvalue weighted by Crippen LogP contribution is 2.43. The number of aliphatic hydroxyl groups is 1. The highest BCUT2D eigenvalue weighted by molar-refractivity contribution is 6.06. The summed E-state index contributed by atoms with van der Waals surface area (Å²) in [5.41, 5.74) is -1.50. The Bertz CT molecular complexity index is 1290. The minimum atomic E-state index is -5.20. The lowest BCUT2D eigenvalue weighted by atomic mass is 9.95. The van der Waals surface area contributed by atoms with Gasteiger partial charge in [-0.2, -0.15) is 31.4 Å². The predicted molar refractivity (Wildman–Crippen MR) is 110 cm³/mol. The van der Waals surface area contributed by atoms with Crippen LogP contribution < -0.4 is 10.6 Å². The van der Waals surface area contributed by atoms with Crippen LogP contribution in [0.5, 0.6) is 0 Å². The van der Waals surface area contributed by atoms with Crippen LogP contribution in [0.25, 0.3) is 11.6 Å². The highest BCUT2D eigenvalue weighted by atomic mass is 19.4. The van der Waals surface area contributed by atoms with E-state index in [4.69, 9.17) is 10.2 Å². The molecule has 0 fully saturated rings. The van der Waals surface area contributed by atoms with Crippen LogP contribution in [0, 0.1) is 0 Å². The predicted octanol–water partition coefficient (Wildman–Crippen LogP) is 3.44. The van der Waals surface area contributed by atoms with Crippen LogP contribution in [0.4, 0.5) is 37.7 Å². The average Bonchev–Trinajstić information content (AvgIpc) is 3.43. The van der Waals surface area contributed by atoms with Crippen LogP contribution in [0.1, 0.15) is 47.6 Å². The third-order valence-electron chi connectivity index (χ3n) is 5.68. The fourth-order valence-electron chi connectivity index (χ4n) is 3.79. The lowest BCUT2D eigenvalue weighted by Gasteiger charge is -2.27. The number of fused-ring (bicyclic) bond motifs is 5. The van der Waals surface area contributed by atoms with E-state index in [-0.39, 0.29) is 31.5 Å². The molecule has 0 radical (unpaired) electrons. The Labute approximate surface area is 198 Å². The van der Waals surface area contributed by atoms with Crippen molar-refractivity contribution in [1.29, 1.82) is 0 Å². The molecule has 10 nitrogen and oxygen atoms in total. The van der Waals surface area contributed by atoms with E-state index in [0.717, 1.165) is 4.90 Å². The van der Waals surface area contributed by atoms with Crippen LogP contribution in [0.3, 0.4) is 0 Å². The fourth-order valence-corrected chi connectivity index (χ4v) is 3.79. The molecule has 3 aromatic heterocycles. The van der Waals surface area contributed by atoms with Crippen LogP contribution >= 0.6 is 0 Å². The molecular weight excluding hydrogens is 500 g/mol. The summed E-state index contributed by atoms with van der Waals surface area (Å²) in [5, 5.41) is 21.0. The van der Waals surface area contributed by atoms with Gasteiger partial charge in [-0.1, -0.05) is 6.42 Å². The molecule has 3 N–H and O–H groups in total. The van der Waals surface area contributed by atoms with Gasteiger partial charge in [0.25, 0.3) is 17.7 Å². The van der Waals surface area contributed by atoms with Gasteiger partial charge >= 0.3 is 12.4 Å². The maximum atomic E-state index is 13.9. The molecule has 1 amide bonds. The topological polar surface area (TPSA) is 136 Å². The Balaban J connectivity index is 1.93. The second kappa shape index (κ2) is 8.76. The normalized spacial score (nSPS) is 19.9. The summed E-state index contributed by atoms with van der Waals surface area (Å²) in [6.07, 6.45) is -8.45. The van der Waals surface area contributed by atoms with Crippen molar-refractivity contribution >= 4 is 17.3 Å². The SMILES string of the molecule is Cn1cc(N2CCCCC[C@](O)(C(F)(F)F)c3nnc(o3)-c3nc(c(C(F)(F)F)cc3N)C2=O)cn1. The second-order valence-electron chi connectivity index (χ2n) is 8.23. The molecular formula is C20H19F6N7O3. The number of hydrogen-bond acceptors (Lipinski definition) is 8. The number of carbonyl (C=O) groups excluding carboxylic acids is 1. The Kier molecular flexibility index (Phi) is 6.18. The van der Waals surface area contributed by atoms with Gasteiger partial charge in [0.2, 0.25) is 5.60 Å². The summed E-state index contributed by atoms with van der Waals surface area (Å²) in [7, 11) is 1.53. The van der Waals surface area contributed by atoms with Crippen LogP contribution in [0.2, 0.25) is 0 Å². The molecule has 1 aliphatic rings. The molecule has 3 aromatic rings. The first-order chi connectivity index (χ1) is 16.7. The van der Waals surface area contributed by atoms with Gasteiger partial charge in [0, 0.05) is 19.8 Å². The fraction of sp³-hybridized carbons (Fsp3) is 0.450. The minimum absolute atomic E-state index is 0.0793. The molecule has 4 rings (SSSR count). The summed E-state index contributed by atoms with van der Waals surface area (Å²) in [6, 6.07) is 0.419. The molecule has 36 heavy (non-hydrogen) atoms. The molecule has 1 aliphatic heterocycles. The molecule has 0 saturated heterocycles. The first-order valence-corrected chi connectivity index (χ1v) is 10.5. The van der Waals surface area contributed by atoms with Crippen molar-refractivity contribution in [2.75, 3.05) is 17.2 Å². The third kappa shape index (κ3) is 4.47. The highest BCUT2D eigenvalue weighted by Gasteiger charge is 2.58. The molecule has 4 bridgehead atoms. The van der Waals surface area contributed by atoms with Crippen LogP contribution in [-0.2, 0) is 18.8 Å². The Morgan fingerprint density at radius 2 is 1.83 bits per heavy atom. The van der Waals surface area contributed by atoms with Crippen molar-refractivity contribution in [3.05, 3.63) is 35.6 Å². The van der Waals surface area contributed by atoms with Gasteiger partial charge in [-0.05, 0) is 25.3 Å². The van der Waals surface area contributed by atoms with Gasteiger partial charge < -0.3 is 20.2 Å². The Morgan fingerprint density at radius 1 is 1.11 bits per heavy atom. The number of amides is 1. The standard InChI is InChI=1S/C20H19F6N7O3/c1-32-9-10(8-28-32)33-6-4-2-3-5-18(35,20(24,25)26)17-31-30-15(36-17)14-12(27)7-11(19(21,22)23)13(29-14)16(33)34/h7-9,35H,2-6,27H2,1H3/t18-/m1/s1.